The van der Waals surface area contributed by atoms with E-state index >= 15 is 0 Å². The van der Waals surface area contributed by atoms with Gasteiger partial charge < -0.3 is 14.6 Å². The highest BCUT2D eigenvalue weighted by molar-refractivity contribution is 7.89. The fourth-order valence-corrected chi connectivity index (χ4v) is 3.33. The molecule has 1 atom stereocenters. The number of carbonyl (C=O) groups is 1. The van der Waals surface area contributed by atoms with Gasteiger partial charge in [-0.3, -0.25) is 4.79 Å². The second kappa shape index (κ2) is 6.97. The van der Waals surface area contributed by atoms with E-state index in [1.165, 1.54) is 18.2 Å². The molecule has 8 heteroatoms. The van der Waals surface area contributed by atoms with Crippen LogP contribution >= 0.6 is 0 Å². The number of unbranched alkanes of at least 4 members (excludes halogenated alkanes) is 1. The Kier molecular flexibility index (Phi) is 5.25. The molecule has 1 heterocycles. The third kappa shape index (κ3) is 3.89. The lowest BCUT2D eigenvalue weighted by atomic mass is 10.1. The molecule has 0 spiro atoms. The van der Waals surface area contributed by atoms with Crippen molar-refractivity contribution in [3.63, 3.8) is 0 Å². The van der Waals surface area contributed by atoms with E-state index in [0.717, 1.165) is 6.42 Å². The second-order valence-corrected chi connectivity index (χ2v) is 6.67. The fourth-order valence-electron chi connectivity index (χ4n) is 2.09. The summed E-state index contributed by atoms with van der Waals surface area (Å²) in [6.45, 7) is 2.67. The van der Waals surface area contributed by atoms with Crippen molar-refractivity contribution in [3.8, 4) is 11.5 Å². The number of nitrogens with one attached hydrogen (secondary N) is 1. The Morgan fingerprint density at radius 1 is 1.32 bits per heavy atom. The lowest BCUT2D eigenvalue weighted by molar-refractivity contribution is -0.139. The molecule has 1 aliphatic rings. The third-order valence-electron chi connectivity index (χ3n) is 3.27. The zero-order valence-electron chi connectivity index (χ0n) is 12.2. The van der Waals surface area contributed by atoms with E-state index in [1.54, 1.807) is 0 Å². The van der Waals surface area contributed by atoms with Gasteiger partial charge in [0.2, 0.25) is 10.0 Å². The molecule has 2 N–H and O–H groups in total. The Morgan fingerprint density at radius 2 is 2.00 bits per heavy atom. The lowest BCUT2D eigenvalue weighted by Gasteiger charge is -2.19. The molecule has 0 aromatic heterocycles. The first-order valence-electron chi connectivity index (χ1n) is 7.09. The van der Waals surface area contributed by atoms with Crippen LogP contribution in [0.5, 0.6) is 11.5 Å². The molecule has 1 aromatic carbocycles. The van der Waals surface area contributed by atoms with Crippen LogP contribution in [-0.4, -0.2) is 38.7 Å². The number of benzene rings is 1. The average Bonchev–Trinajstić information content (AvgIpc) is 2.50. The van der Waals surface area contributed by atoms with E-state index in [4.69, 9.17) is 14.6 Å². The van der Waals surface area contributed by atoms with Crippen molar-refractivity contribution in [3.05, 3.63) is 18.2 Å². The highest BCUT2D eigenvalue weighted by Gasteiger charge is 2.26. The Labute approximate surface area is 129 Å². The number of aliphatic carboxylic acids is 1. The standard InChI is InChI=1S/C14H19NO6S/c1-2-3-4-11(14(16)17)15-22(18,19)10-5-6-12-13(9-10)21-8-7-20-12/h5-6,9,11,15H,2-4,7-8H2,1H3,(H,16,17)/t11-/m0/s1. The first-order chi connectivity index (χ1) is 10.4. The van der Waals surface area contributed by atoms with E-state index in [0.29, 0.717) is 31.1 Å². The van der Waals surface area contributed by atoms with E-state index in [1.807, 2.05) is 6.92 Å². The molecule has 1 aromatic rings. The minimum atomic E-state index is -3.93. The van der Waals surface area contributed by atoms with Gasteiger partial charge in [0.25, 0.3) is 0 Å². The highest BCUT2D eigenvalue weighted by Crippen LogP contribution is 2.32. The summed E-state index contributed by atoms with van der Waals surface area (Å²) in [5.74, 6) is -0.366. The SMILES string of the molecule is CCCC[C@H](NS(=O)(=O)c1ccc2c(c1)OCCO2)C(=O)O. The van der Waals surface area contributed by atoms with Crippen molar-refractivity contribution in [1.29, 1.82) is 0 Å². The molecule has 0 amide bonds. The molecule has 0 saturated heterocycles. The predicted octanol–water partition coefficient (Wildman–Crippen LogP) is 1.38. The number of carboxylic acid groups (broad SMARTS) is 1. The molecule has 7 nitrogen and oxygen atoms in total. The van der Waals surface area contributed by atoms with Crippen molar-refractivity contribution < 1.29 is 27.8 Å². The Bertz CT molecular complexity index is 643. The lowest BCUT2D eigenvalue weighted by Crippen LogP contribution is -2.40. The first-order valence-corrected chi connectivity index (χ1v) is 8.57. The minimum Gasteiger partial charge on any atom is -0.486 e. The third-order valence-corrected chi connectivity index (χ3v) is 4.74. The largest absolute Gasteiger partial charge is 0.486 e. The van der Waals surface area contributed by atoms with Gasteiger partial charge >= 0.3 is 5.97 Å². The normalized spacial score (nSPS) is 15.3. The van der Waals surface area contributed by atoms with Gasteiger partial charge in [0, 0.05) is 6.07 Å². The van der Waals surface area contributed by atoms with E-state index < -0.39 is 22.0 Å². The molecule has 122 valence electrons. The van der Waals surface area contributed by atoms with Crippen molar-refractivity contribution in [2.45, 2.75) is 37.1 Å². The van der Waals surface area contributed by atoms with E-state index in [-0.39, 0.29) is 11.3 Å². The summed E-state index contributed by atoms with van der Waals surface area (Å²) < 4.78 is 37.5. The second-order valence-electron chi connectivity index (χ2n) is 4.96. The van der Waals surface area contributed by atoms with Crippen molar-refractivity contribution in [1.82, 2.24) is 4.72 Å². The summed E-state index contributed by atoms with van der Waals surface area (Å²) in [5, 5.41) is 9.13. The van der Waals surface area contributed by atoms with Gasteiger partial charge in [0.05, 0.1) is 4.90 Å². The Morgan fingerprint density at radius 3 is 2.64 bits per heavy atom. The maximum atomic E-state index is 12.3. The molecular formula is C14H19NO6S. The van der Waals surface area contributed by atoms with E-state index in [2.05, 4.69) is 4.72 Å². The van der Waals surface area contributed by atoms with Crippen molar-refractivity contribution >= 4 is 16.0 Å². The van der Waals surface area contributed by atoms with Crippen LogP contribution in [0.3, 0.4) is 0 Å². The van der Waals surface area contributed by atoms with Crippen molar-refractivity contribution in [2.24, 2.45) is 0 Å². The van der Waals surface area contributed by atoms with Crippen LogP contribution in [0.15, 0.2) is 23.1 Å². The molecule has 0 aliphatic carbocycles. The van der Waals surface area contributed by atoms with Crippen molar-refractivity contribution in [2.75, 3.05) is 13.2 Å². The average molecular weight is 329 g/mol. The maximum Gasteiger partial charge on any atom is 0.321 e. The zero-order valence-corrected chi connectivity index (χ0v) is 13.1. The van der Waals surface area contributed by atoms with Crippen LogP contribution in [0.4, 0.5) is 0 Å². The van der Waals surface area contributed by atoms with Gasteiger partial charge in [0.1, 0.15) is 19.3 Å². The van der Waals surface area contributed by atoms with Gasteiger partial charge in [-0.05, 0) is 18.6 Å². The summed E-state index contributed by atoms with van der Waals surface area (Å²) in [5.41, 5.74) is 0. The van der Waals surface area contributed by atoms with Crippen LogP contribution in [0, 0.1) is 0 Å². The first kappa shape index (κ1) is 16.6. The van der Waals surface area contributed by atoms with Crippen LogP contribution in [0.25, 0.3) is 0 Å². The molecule has 0 fully saturated rings. The quantitative estimate of drug-likeness (QED) is 0.783. The van der Waals surface area contributed by atoms with Gasteiger partial charge in [0.15, 0.2) is 11.5 Å². The minimum absolute atomic E-state index is 0.0421. The number of hydrogen-bond donors (Lipinski definition) is 2. The summed E-state index contributed by atoms with van der Waals surface area (Å²) >= 11 is 0. The molecular weight excluding hydrogens is 310 g/mol. The van der Waals surface area contributed by atoms with Gasteiger partial charge in [-0.15, -0.1) is 0 Å². The topological polar surface area (TPSA) is 102 Å². The summed E-state index contributed by atoms with van der Waals surface area (Å²) in [6, 6.07) is 3.08. The number of ether oxygens (including phenoxy) is 2. The van der Waals surface area contributed by atoms with Crippen LogP contribution in [0.2, 0.25) is 0 Å². The van der Waals surface area contributed by atoms with Gasteiger partial charge in [-0.2, -0.15) is 4.72 Å². The number of sulfonamides is 1. The Hall–Kier alpha value is -1.80. The van der Waals surface area contributed by atoms with Crippen LogP contribution in [0.1, 0.15) is 26.2 Å². The summed E-state index contributed by atoms with van der Waals surface area (Å²) in [6.07, 6.45) is 1.66. The molecule has 22 heavy (non-hydrogen) atoms. The predicted molar refractivity (Wildman–Crippen MR) is 78.7 cm³/mol. The Balaban J connectivity index is 2.20. The molecule has 0 unspecified atom stereocenters. The number of hydrogen-bond acceptors (Lipinski definition) is 5. The van der Waals surface area contributed by atoms with Gasteiger partial charge in [-0.1, -0.05) is 19.8 Å². The molecule has 2 rings (SSSR count). The van der Waals surface area contributed by atoms with E-state index in [9.17, 15) is 13.2 Å². The number of fused-ring (bicyclic) bond motifs is 1. The smallest absolute Gasteiger partial charge is 0.321 e. The van der Waals surface area contributed by atoms with Crippen LogP contribution in [-0.2, 0) is 14.8 Å². The number of carboxylic acids is 1. The maximum absolute atomic E-state index is 12.3. The fraction of sp³-hybridized carbons (Fsp3) is 0.500. The highest BCUT2D eigenvalue weighted by atomic mass is 32.2. The molecule has 1 aliphatic heterocycles. The number of rotatable bonds is 7. The molecule has 0 saturated carbocycles. The molecule has 0 bridgehead atoms. The van der Waals surface area contributed by atoms with Crippen LogP contribution < -0.4 is 14.2 Å². The van der Waals surface area contributed by atoms with Gasteiger partial charge in [-0.25, -0.2) is 8.42 Å². The monoisotopic (exact) mass is 329 g/mol. The summed E-state index contributed by atoms with van der Waals surface area (Å²) in [7, 11) is -3.93. The zero-order chi connectivity index (χ0) is 16.2. The summed E-state index contributed by atoms with van der Waals surface area (Å²) in [4.78, 5) is 11.1. The molecule has 0 radical (unpaired) electrons.